The Labute approximate surface area is 138 Å². The second kappa shape index (κ2) is 5.93. The fraction of sp³-hybridized carbons (Fsp3) is 0. The van der Waals surface area contributed by atoms with Crippen LogP contribution in [-0.4, -0.2) is 8.42 Å². The van der Waals surface area contributed by atoms with Crippen molar-refractivity contribution in [3.05, 3.63) is 50.4 Å². The molecule has 0 amide bonds. The number of sulfonamides is 1. The number of nitrogens with one attached hydrogen (secondary N) is 1. The van der Waals surface area contributed by atoms with E-state index in [1.807, 2.05) is 0 Å². The zero-order valence-electron chi connectivity index (χ0n) is 9.90. The SMILES string of the molecule is Nc1ccc(S(=O)(=O)Nc2ccc(Br)cc2Br)cc1Cl. The second-order valence-electron chi connectivity index (χ2n) is 3.91. The summed E-state index contributed by atoms with van der Waals surface area (Å²) in [6.45, 7) is 0. The third-order valence-corrected chi connectivity index (χ3v) is 5.30. The summed E-state index contributed by atoms with van der Waals surface area (Å²) in [4.78, 5) is 0.0477. The number of benzene rings is 2. The van der Waals surface area contributed by atoms with Gasteiger partial charge < -0.3 is 5.73 Å². The molecule has 0 heterocycles. The monoisotopic (exact) mass is 438 g/mol. The summed E-state index contributed by atoms with van der Waals surface area (Å²) in [5, 5.41) is 0.197. The molecule has 0 bridgehead atoms. The second-order valence-corrected chi connectivity index (χ2v) is 7.77. The van der Waals surface area contributed by atoms with Crippen LogP contribution in [0, 0.1) is 0 Å². The van der Waals surface area contributed by atoms with E-state index < -0.39 is 10.0 Å². The van der Waals surface area contributed by atoms with E-state index in [0.717, 1.165) is 4.47 Å². The lowest BCUT2D eigenvalue weighted by Crippen LogP contribution is -2.13. The smallest absolute Gasteiger partial charge is 0.261 e. The van der Waals surface area contributed by atoms with Crippen molar-refractivity contribution in [1.29, 1.82) is 0 Å². The van der Waals surface area contributed by atoms with Crippen molar-refractivity contribution in [3.8, 4) is 0 Å². The summed E-state index contributed by atoms with van der Waals surface area (Å²) in [6, 6.07) is 9.28. The van der Waals surface area contributed by atoms with Gasteiger partial charge in [0.05, 0.1) is 21.3 Å². The van der Waals surface area contributed by atoms with E-state index in [0.29, 0.717) is 15.8 Å². The van der Waals surface area contributed by atoms with Crippen molar-refractivity contribution in [3.63, 3.8) is 0 Å². The molecule has 0 aliphatic rings. The number of rotatable bonds is 3. The molecule has 106 valence electrons. The molecular weight excluding hydrogens is 431 g/mol. The lowest BCUT2D eigenvalue weighted by molar-refractivity contribution is 0.601. The molecule has 0 aromatic heterocycles. The van der Waals surface area contributed by atoms with Crippen molar-refractivity contribution < 1.29 is 8.42 Å². The fourth-order valence-electron chi connectivity index (χ4n) is 1.45. The van der Waals surface area contributed by atoms with E-state index in [2.05, 4.69) is 36.6 Å². The van der Waals surface area contributed by atoms with Gasteiger partial charge >= 0.3 is 0 Å². The highest BCUT2D eigenvalue weighted by molar-refractivity contribution is 9.11. The number of nitrogens with two attached hydrogens (primary N) is 1. The maximum absolute atomic E-state index is 12.3. The Kier molecular flexibility index (Phi) is 4.63. The summed E-state index contributed by atoms with van der Waals surface area (Å²) in [7, 11) is -3.72. The minimum Gasteiger partial charge on any atom is -0.398 e. The molecule has 0 saturated carbocycles. The summed E-state index contributed by atoms with van der Waals surface area (Å²) in [5.41, 5.74) is 6.33. The third-order valence-electron chi connectivity index (χ3n) is 2.46. The Bertz CT molecular complexity index is 766. The highest BCUT2D eigenvalue weighted by Crippen LogP contribution is 2.29. The average Bonchev–Trinajstić information content (AvgIpc) is 2.36. The normalized spacial score (nSPS) is 11.3. The van der Waals surface area contributed by atoms with Gasteiger partial charge in [0.15, 0.2) is 0 Å². The predicted octanol–water partition coefficient (Wildman–Crippen LogP) is 4.25. The zero-order valence-corrected chi connectivity index (χ0v) is 14.6. The molecule has 0 atom stereocenters. The van der Waals surface area contributed by atoms with Crippen molar-refractivity contribution in [2.75, 3.05) is 10.5 Å². The fourth-order valence-corrected chi connectivity index (χ4v) is 4.08. The highest BCUT2D eigenvalue weighted by Gasteiger charge is 2.16. The van der Waals surface area contributed by atoms with E-state index in [1.54, 1.807) is 18.2 Å². The molecule has 8 heteroatoms. The van der Waals surface area contributed by atoms with Crippen LogP contribution in [0.3, 0.4) is 0 Å². The van der Waals surface area contributed by atoms with Crippen molar-refractivity contribution >= 4 is 64.9 Å². The van der Waals surface area contributed by atoms with Crippen LogP contribution in [-0.2, 0) is 10.0 Å². The molecule has 2 aromatic rings. The molecular formula is C12H9Br2ClN2O2S. The Morgan fingerprint density at radius 1 is 1.10 bits per heavy atom. The molecule has 2 rings (SSSR count). The standard InChI is InChI=1S/C12H9Br2ClN2O2S/c13-7-1-4-12(9(14)5-7)17-20(18,19)8-2-3-11(16)10(15)6-8/h1-6,17H,16H2. The number of anilines is 2. The lowest BCUT2D eigenvalue weighted by Gasteiger charge is -2.10. The van der Waals surface area contributed by atoms with E-state index in [-0.39, 0.29) is 9.92 Å². The number of hydrogen-bond donors (Lipinski definition) is 2. The van der Waals surface area contributed by atoms with Gasteiger partial charge in [0, 0.05) is 8.95 Å². The van der Waals surface area contributed by atoms with Crippen LogP contribution in [0.25, 0.3) is 0 Å². The van der Waals surface area contributed by atoms with E-state index >= 15 is 0 Å². The van der Waals surface area contributed by atoms with Gasteiger partial charge in [-0.25, -0.2) is 8.42 Å². The van der Waals surface area contributed by atoms with Crippen LogP contribution in [0.1, 0.15) is 0 Å². The predicted molar refractivity (Wildman–Crippen MR) is 88.5 cm³/mol. The maximum Gasteiger partial charge on any atom is 0.261 e. The first-order chi connectivity index (χ1) is 9.29. The molecule has 0 aliphatic heterocycles. The number of halogens is 3. The van der Waals surface area contributed by atoms with E-state index in [1.165, 1.54) is 18.2 Å². The quantitative estimate of drug-likeness (QED) is 0.701. The lowest BCUT2D eigenvalue weighted by atomic mass is 10.3. The highest BCUT2D eigenvalue weighted by atomic mass is 79.9. The van der Waals surface area contributed by atoms with Gasteiger partial charge in [-0.05, 0) is 52.3 Å². The minimum atomic E-state index is -3.72. The van der Waals surface area contributed by atoms with Gasteiger partial charge in [0.1, 0.15) is 0 Å². The van der Waals surface area contributed by atoms with E-state index in [9.17, 15) is 8.42 Å². The molecule has 4 nitrogen and oxygen atoms in total. The molecule has 0 radical (unpaired) electrons. The van der Waals surface area contributed by atoms with Crippen LogP contribution in [0.4, 0.5) is 11.4 Å². The topological polar surface area (TPSA) is 72.2 Å². The third kappa shape index (κ3) is 3.46. The van der Waals surface area contributed by atoms with Crippen LogP contribution in [0.15, 0.2) is 50.2 Å². The Morgan fingerprint density at radius 3 is 2.40 bits per heavy atom. The first kappa shape index (κ1) is 15.6. The van der Waals surface area contributed by atoms with Gasteiger partial charge in [-0.2, -0.15) is 0 Å². The van der Waals surface area contributed by atoms with Crippen LogP contribution < -0.4 is 10.5 Å². The van der Waals surface area contributed by atoms with Gasteiger partial charge in [-0.15, -0.1) is 0 Å². The number of hydrogen-bond acceptors (Lipinski definition) is 3. The van der Waals surface area contributed by atoms with Crippen LogP contribution in [0.2, 0.25) is 5.02 Å². The van der Waals surface area contributed by atoms with E-state index in [4.69, 9.17) is 17.3 Å². The van der Waals surface area contributed by atoms with Gasteiger partial charge in [-0.3, -0.25) is 4.72 Å². The van der Waals surface area contributed by atoms with Crippen molar-refractivity contribution in [1.82, 2.24) is 0 Å². The molecule has 0 saturated heterocycles. The number of nitrogen functional groups attached to an aromatic ring is 1. The first-order valence-electron chi connectivity index (χ1n) is 5.32. The van der Waals surface area contributed by atoms with Crippen molar-refractivity contribution in [2.45, 2.75) is 4.90 Å². The van der Waals surface area contributed by atoms with Crippen LogP contribution >= 0.6 is 43.5 Å². The van der Waals surface area contributed by atoms with Gasteiger partial charge in [-0.1, -0.05) is 27.5 Å². The van der Waals surface area contributed by atoms with Crippen molar-refractivity contribution in [2.24, 2.45) is 0 Å². The maximum atomic E-state index is 12.3. The Hall–Kier alpha value is -0.760. The first-order valence-corrected chi connectivity index (χ1v) is 8.77. The zero-order chi connectivity index (χ0) is 14.9. The molecule has 0 spiro atoms. The molecule has 0 aliphatic carbocycles. The Balaban J connectivity index is 2.38. The summed E-state index contributed by atoms with van der Waals surface area (Å²) in [6.07, 6.45) is 0. The summed E-state index contributed by atoms with van der Waals surface area (Å²) in [5.74, 6) is 0. The molecule has 2 aromatic carbocycles. The molecule has 0 fully saturated rings. The Morgan fingerprint density at radius 2 is 1.80 bits per heavy atom. The summed E-state index contributed by atoms with van der Waals surface area (Å²) < 4.78 is 28.5. The average molecular weight is 441 g/mol. The molecule has 0 unspecified atom stereocenters. The minimum absolute atomic E-state index is 0.0477. The van der Waals surface area contributed by atoms with Crippen LogP contribution in [0.5, 0.6) is 0 Å². The van der Waals surface area contributed by atoms with Gasteiger partial charge in [0.2, 0.25) is 0 Å². The largest absolute Gasteiger partial charge is 0.398 e. The molecule has 20 heavy (non-hydrogen) atoms. The molecule has 3 N–H and O–H groups in total. The van der Waals surface area contributed by atoms with Gasteiger partial charge in [0.25, 0.3) is 10.0 Å². The summed E-state index contributed by atoms with van der Waals surface area (Å²) >= 11 is 12.4.